The maximum Gasteiger partial charge on any atom is 0.326 e. The van der Waals surface area contributed by atoms with Gasteiger partial charge in [0.05, 0.1) is 0 Å². The van der Waals surface area contributed by atoms with Crippen molar-refractivity contribution in [3.63, 3.8) is 0 Å². The van der Waals surface area contributed by atoms with Crippen molar-refractivity contribution in [1.82, 2.24) is 10.6 Å². The first kappa shape index (κ1) is 16.0. The molecule has 4 fully saturated rings. The zero-order chi connectivity index (χ0) is 15.7. The van der Waals surface area contributed by atoms with Crippen LogP contribution in [0.3, 0.4) is 0 Å². The summed E-state index contributed by atoms with van der Waals surface area (Å²) in [5.41, 5.74) is 0. The second-order valence-electron chi connectivity index (χ2n) is 7.61. The molecule has 0 aromatic carbocycles. The first-order valence-corrected chi connectivity index (χ1v) is 9.27. The third-order valence-electron chi connectivity index (χ3n) is 5.97. The number of carbonyl (C=O) groups is 1. The smallest absolute Gasteiger partial charge is 0.326 e. The molecule has 4 saturated carbocycles. The van der Waals surface area contributed by atoms with E-state index in [0.29, 0.717) is 17.6 Å². The molecule has 4 bridgehead atoms. The SMILES string of the molecule is CCCCC(NC(=S)NC1C2CC3CC(C2)CC1C3)C(=O)O. The summed E-state index contributed by atoms with van der Waals surface area (Å²) in [7, 11) is 0. The van der Waals surface area contributed by atoms with Gasteiger partial charge in [0.15, 0.2) is 5.11 Å². The lowest BCUT2D eigenvalue weighted by molar-refractivity contribution is -0.139. The molecule has 0 heterocycles. The van der Waals surface area contributed by atoms with E-state index in [4.69, 9.17) is 12.2 Å². The van der Waals surface area contributed by atoms with E-state index >= 15 is 0 Å². The Labute approximate surface area is 138 Å². The Morgan fingerprint density at radius 3 is 2.27 bits per heavy atom. The average molecular weight is 324 g/mol. The molecular weight excluding hydrogens is 296 g/mol. The van der Waals surface area contributed by atoms with Crippen molar-refractivity contribution >= 4 is 23.3 Å². The van der Waals surface area contributed by atoms with Crippen molar-refractivity contribution in [1.29, 1.82) is 0 Å². The van der Waals surface area contributed by atoms with Crippen LogP contribution < -0.4 is 10.6 Å². The van der Waals surface area contributed by atoms with Crippen LogP contribution in [0.1, 0.15) is 58.3 Å². The molecule has 0 spiro atoms. The first-order chi connectivity index (χ1) is 10.6. The average Bonchev–Trinajstić information content (AvgIpc) is 2.46. The number of hydrogen-bond acceptors (Lipinski definition) is 2. The largest absolute Gasteiger partial charge is 0.480 e. The minimum absolute atomic E-state index is 0.466. The molecule has 3 N–H and O–H groups in total. The van der Waals surface area contributed by atoms with Crippen molar-refractivity contribution in [2.75, 3.05) is 0 Å². The fraction of sp³-hybridized carbons (Fsp3) is 0.882. The van der Waals surface area contributed by atoms with Gasteiger partial charge in [0, 0.05) is 6.04 Å². The van der Waals surface area contributed by atoms with Crippen LogP contribution in [0.5, 0.6) is 0 Å². The molecular formula is C17H28N2O2S. The van der Waals surface area contributed by atoms with E-state index < -0.39 is 12.0 Å². The quantitative estimate of drug-likeness (QED) is 0.656. The number of nitrogens with one attached hydrogen (secondary N) is 2. The molecule has 0 radical (unpaired) electrons. The van der Waals surface area contributed by atoms with Crippen molar-refractivity contribution in [3.05, 3.63) is 0 Å². The minimum atomic E-state index is -0.803. The fourth-order valence-corrected chi connectivity index (χ4v) is 5.46. The highest BCUT2D eigenvalue weighted by molar-refractivity contribution is 7.80. The van der Waals surface area contributed by atoms with Gasteiger partial charge in [-0.3, -0.25) is 0 Å². The zero-order valence-electron chi connectivity index (χ0n) is 13.4. The summed E-state index contributed by atoms with van der Waals surface area (Å²) in [6.45, 7) is 2.07. The predicted octanol–water partition coefficient (Wildman–Crippen LogP) is 2.92. The van der Waals surface area contributed by atoms with Crippen molar-refractivity contribution in [2.24, 2.45) is 23.7 Å². The van der Waals surface area contributed by atoms with Gasteiger partial charge < -0.3 is 15.7 Å². The van der Waals surface area contributed by atoms with Crippen LogP contribution in [0.15, 0.2) is 0 Å². The van der Waals surface area contributed by atoms with Gasteiger partial charge in [-0.2, -0.15) is 0 Å². The Bertz CT molecular complexity index is 412. The highest BCUT2D eigenvalue weighted by Gasteiger charge is 2.48. The first-order valence-electron chi connectivity index (χ1n) is 8.86. The van der Waals surface area contributed by atoms with Gasteiger partial charge in [0.1, 0.15) is 6.04 Å². The van der Waals surface area contributed by atoms with Gasteiger partial charge in [0.25, 0.3) is 0 Å². The summed E-state index contributed by atoms with van der Waals surface area (Å²) in [6.07, 6.45) is 9.34. The third kappa shape index (κ3) is 3.39. The van der Waals surface area contributed by atoms with Crippen LogP contribution in [0.25, 0.3) is 0 Å². The Kier molecular flexibility index (Phi) is 4.91. The van der Waals surface area contributed by atoms with Gasteiger partial charge in [0.2, 0.25) is 0 Å². The van der Waals surface area contributed by atoms with E-state index in [2.05, 4.69) is 17.6 Å². The number of carboxylic acids is 1. The van der Waals surface area contributed by atoms with Crippen molar-refractivity contribution in [2.45, 2.75) is 70.4 Å². The number of hydrogen-bond donors (Lipinski definition) is 3. The number of aliphatic carboxylic acids is 1. The number of rotatable bonds is 6. The van der Waals surface area contributed by atoms with E-state index in [1.807, 2.05) is 0 Å². The van der Waals surface area contributed by atoms with Gasteiger partial charge in [-0.05, 0) is 74.4 Å². The maximum atomic E-state index is 11.3. The Hall–Kier alpha value is -0.840. The van der Waals surface area contributed by atoms with E-state index in [-0.39, 0.29) is 0 Å². The number of unbranched alkanes of at least 4 members (excludes halogenated alkanes) is 1. The van der Waals surface area contributed by atoms with Crippen LogP contribution in [0.2, 0.25) is 0 Å². The third-order valence-corrected chi connectivity index (χ3v) is 6.21. The van der Waals surface area contributed by atoms with Gasteiger partial charge in [-0.25, -0.2) is 4.79 Å². The number of carboxylic acid groups (broad SMARTS) is 1. The Morgan fingerprint density at radius 2 is 1.77 bits per heavy atom. The molecule has 4 rings (SSSR count). The fourth-order valence-electron chi connectivity index (χ4n) is 5.18. The van der Waals surface area contributed by atoms with Gasteiger partial charge in [-0.15, -0.1) is 0 Å². The van der Waals surface area contributed by atoms with Crippen LogP contribution in [0.4, 0.5) is 0 Å². The molecule has 4 aliphatic rings. The number of thiocarbonyl (C=S) groups is 1. The highest BCUT2D eigenvalue weighted by Crippen LogP contribution is 2.53. The second kappa shape index (κ2) is 6.73. The molecule has 0 aromatic rings. The van der Waals surface area contributed by atoms with Crippen molar-refractivity contribution < 1.29 is 9.90 Å². The van der Waals surface area contributed by atoms with Crippen LogP contribution in [0, 0.1) is 23.7 Å². The molecule has 0 saturated heterocycles. The molecule has 1 unspecified atom stereocenters. The Morgan fingerprint density at radius 1 is 1.18 bits per heavy atom. The lowest BCUT2D eigenvalue weighted by atomic mass is 9.54. The zero-order valence-corrected chi connectivity index (χ0v) is 14.2. The summed E-state index contributed by atoms with van der Waals surface area (Å²) >= 11 is 5.41. The second-order valence-corrected chi connectivity index (χ2v) is 8.02. The monoisotopic (exact) mass is 324 g/mol. The van der Waals surface area contributed by atoms with E-state index in [0.717, 1.165) is 36.5 Å². The highest BCUT2D eigenvalue weighted by atomic mass is 32.1. The molecule has 124 valence electrons. The summed E-state index contributed by atoms with van der Waals surface area (Å²) < 4.78 is 0. The van der Waals surface area contributed by atoms with E-state index in [1.165, 1.54) is 32.1 Å². The Balaban J connectivity index is 1.54. The summed E-state index contributed by atoms with van der Waals surface area (Å²) in [5, 5.41) is 16.4. The van der Waals surface area contributed by atoms with E-state index in [9.17, 15) is 9.90 Å². The lowest BCUT2D eigenvalue weighted by Crippen LogP contribution is -2.58. The molecule has 4 nitrogen and oxygen atoms in total. The molecule has 0 aromatic heterocycles. The standard InChI is InChI=1S/C17H28N2O2S/c1-2-3-4-14(16(20)21)18-17(22)19-15-12-6-10-5-11(8-12)9-13(15)7-10/h10-15H,2-9H2,1H3,(H,20,21)(H2,18,19,22). The summed E-state index contributed by atoms with van der Waals surface area (Å²) in [6, 6.07) is -0.0924. The molecule has 1 atom stereocenters. The van der Waals surface area contributed by atoms with E-state index in [1.54, 1.807) is 0 Å². The molecule has 5 heteroatoms. The van der Waals surface area contributed by atoms with Crippen LogP contribution in [-0.4, -0.2) is 28.3 Å². The maximum absolute atomic E-state index is 11.3. The summed E-state index contributed by atoms with van der Waals surface area (Å²) in [5.74, 6) is 2.57. The normalized spacial score (nSPS) is 36.9. The van der Waals surface area contributed by atoms with Crippen molar-refractivity contribution in [3.8, 4) is 0 Å². The van der Waals surface area contributed by atoms with Crippen LogP contribution >= 0.6 is 12.2 Å². The minimum Gasteiger partial charge on any atom is -0.480 e. The summed E-state index contributed by atoms with van der Waals surface area (Å²) in [4.78, 5) is 11.3. The lowest BCUT2D eigenvalue weighted by Gasteiger charge is -2.54. The predicted molar refractivity (Wildman–Crippen MR) is 90.7 cm³/mol. The topological polar surface area (TPSA) is 61.4 Å². The van der Waals surface area contributed by atoms with Gasteiger partial charge >= 0.3 is 5.97 Å². The van der Waals surface area contributed by atoms with Crippen LogP contribution in [-0.2, 0) is 4.79 Å². The van der Waals surface area contributed by atoms with Gasteiger partial charge in [-0.1, -0.05) is 19.8 Å². The molecule has 22 heavy (non-hydrogen) atoms. The molecule has 0 amide bonds. The molecule has 0 aliphatic heterocycles. The molecule has 4 aliphatic carbocycles.